The van der Waals surface area contributed by atoms with E-state index >= 15 is 0 Å². The number of aryl methyl sites for hydroxylation is 1. The van der Waals surface area contributed by atoms with E-state index in [0.29, 0.717) is 17.3 Å². The van der Waals surface area contributed by atoms with Crippen LogP contribution in [0, 0.1) is 6.92 Å². The van der Waals surface area contributed by atoms with Crippen LogP contribution in [-0.2, 0) is 22.7 Å². The number of amides is 1. The lowest BCUT2D eigenvalue weighted by atomic mass is 10.1. The van der Waals surface area contributed by atoms with E-state index in [1.54, 1.807) is 14.2 Å². The Kier molecular flexibility index (Phi) is 9.50. The zero-order chi connectivity index (χ0) is 27.1. The van der Waals surface area contributed by atoms with Gasteiger partial charge in [0.1, 0.15) is 5.69 Å². The molecule has 7 nitrogen and oxygen atoms in total. The molecule has 1 saturated heterocycles. The highest BCUT2D eigenvalue weighted by atomic mass is 16.5. The summed E-state index contributed by atoms with van der Waals surface area (Å²) in [6.07, 6.45) is 5.17. The number of carbonyl (C=O) groups excluding carboxylic acids is 1. The Balaban J connectivity index is 1.67. The summed E-state index contributed by atoms with van der Waals surface area (Å²) in [4.78, 5) is 18.3. The van der Waals surface area contributed by atoms with Gasteiger partial charge in [0.15, 0.2) is 0 Å². The van der Waals surface area contributed by atoms with Crippen LogP contribution in [-0.4, -0.2) is 71.9 Å². The number of rotatable bonds is 11. The van der Waals surface area contributed by atoms with E-state index in [-0.39, 0.29) is 19.1 Å². The summed E-state index contributed by atoms with van der Waals surface area (Å²) in [5.74, 6) is 0.000396. The molecule has 202 valence electrons. The molecule has 2 aromatic carbocycles. The topological polar surface area (TPSA) is 59.8 Å². The van der Waals surface area contributed by atoms with Gasteiger partial charge in [-0.1, -0.05) is 68.0 Å². The Morgan fingerprint density at radius 2 is 1.74 bits per heavy atom. The van der Waals surface area contributed by atoms with Crippen LogP contribution in [0.25, 0.3) is 17.8 Å². The fourth-order valence-corrected chi connectivity index (χ4v) is 5.22. The van der Waals surface area contributed by atoms with Crippen LogP contribution in [0.2, 0.25) is 0 Å². The smallest absolute Gasteiger partial charge is 0.257 e. The molecule has 0 N–H and O–H groups in total. The minimum atomic E-state index is 0.000396. The van der Waals surface area contributed by atoms with Gasteiger partial charge in [-0.3, -0.25) is 9.69 Å². The molecule has 0 radical (unpaired) electrons. The molecule has 1 aromatic heterocycles. The number of likely N-dealkylation sites (N-methyl/N-ethyl adjacent to an activating group) is 1. The minimum Gasteiger partial charge on any atom is -0.378 e. The van der Waals surface area contributed by atoms with Gasteiger partial charge in [0, 0.05) is 33.4 Å². The number of likely N-dealkylation sites (tertiary alicyclic amines) is 1. The van der Waals surface area contributed by atoms with Crippen molar-refractivity contribution in [3.8, 4) is 5.69 Å². The molecule has 1 atom stereocenters. The number of methoxy groups -OCH3 is 2. The number of hydrogen-bond acceptors (Lipinski definition) is 5. The highest BCUT2D eigenvalue weighted by Crippen LogP contribution is 2.26. The maximum Gasteiger partial charge on any atom is 0.257 e. The highest BCUT2D eigenvalue weighted by Gasteiger charge is 2.34. The summed E-state index contributed by atoms with van der Waals surface area (Å²) in [5.41, 5.74) is 6.28. The van der Waals surface area contributed by atoms with Gasteiger partial charge in [-0.15, -0.1) is 0 Å². The van der Waals surface area contributed by atoms with Gasteiger partial charge in [-0.2, -0.15) is 5.10 Å². The van der Waals surface area contributed by atoms with Gasteiger partial charge in [0.25, 0.3) is 5.91 Å². The van der Waals surface area contributed by atoms with E-state index in [1.165, 1.54) is 5.56 Å². The predicted octanol–water partition coefficient (Wildman–Crippen LogP) is 5.20. The number of ether oxygens (including phenoxy) is 2. The molecule has 1 aliphatic heterocycles. The van der Waals surface area contributed by atoms with Crippen LogP contribution in [0.15, 0.2) is 48.5 Å². The first-order valence-corrected chi connectivity index (χ1v) is 13.5. The van der Waals surface area contributed by atoms with Gasteiger partial charge in [-0.05, 0) is 49.7 Å². The average Bonchev–Trinajstić information content (AvgIpc) is 3.55. The zero-order valence-electron chi connectivity index (χ0n) is 23.3. The molecular weight excluding hydrogens is 476 g/mol. The lowest BCUT2D eigenvalue weighted by molar-refractivity contribution is 0.0767. The Morgan fingerprint density at radius 3 is 2.42 bits per heavy atom. The Labute approximate surface area is 226 Å². The number of hydrogen-bond donors (Lipinski definition) is 0. The normalized spacial score (nSPS) is 15.7. The largest absolute Gasteiger partial charge is 0.378 e. The molecule has 0 aliphatic carbocycles. The van der Waals surface area contributed by atoms with E-state index in [9.17, 15) is 4.79 Å². The molecule has 7 heteroatoms. The van der Waals surface area contributed by atoms with Crippen LogP contribution < -0.4 is 0 Å². The van der Waals surface area contributed by atoms with E-state index < -0.39 is 0 Å². The van der Waals surface area contributed by atoms with Gasteiger partial charge in [0.2, 0.25) is 0 Å². The van der Waals surface area contributed by atoms with Crippen LogP contribution in [0.4, 0.5) is 0 Å². The molecule has 0 bridgehead atoms. The molecule has 0 saturated carbocycles. The second kappa shape index (κ2) is 13.0. The van der Waals surface area contributed by atoms with Crippen molar-refractivity contribution in [1.82, 2.24) is 19.6 Å². The molecule has 0 spiro atoms. The van der Waals surface area contributed by atoms with Crippen molar-refractivity contribution in [2.24, 2.45) is 0 Å². The van der Waals surface area contributed by atoms with Crippen molar-refractivity contribution in [2.75, 3.05) is 40.4 Å². The van der Waals surface area contributed by atoms with E-state index in [2.05, 4.69) is 74.2 Å². The SMILES string of the molecule is CCN(CC)C1CCN(C(=O)c2c(COC)nn(-c3cccc(/C=C/c4ccc(C)cc4)c3)c2COC)C1. The molecule has 2 heterocycles. The van der Waals surface area contributed by atoms with Crippen LogP contribution in [0.5, 0.6) is 0 Å². The Bertz CT molecular complexity index is 1240. The number of aromatic nitrogens is 2. The molecule has 1 fully saturated rings. The van der Waals surface area contributed by atoms with Crippen molar-refractivity contribution in [1.29, 1.82) is 0 Å². The third kappa shape index (κ3) is 6.23. The van der Waals surface area contributed by atoms with Gasteiger partial charge in [0.05, 0.1) is 30.2 Å². The highest BCUT2D eigenvalue weighted by molar-refractivity contribution is 5.97. The van der Waals surface area contributed by atoms with Gasteiger partial charge >= 0.3 is 0 Å². The van der Waals surface area contributed by atoms with Gasteiger partial charge in [-0.25, -0.2) is 4.68 Å². The van der Waals surface area contributed by atoms with Crippen LogP contribution >= 0.6 is 0 Å². The fourth-order valence-electron chi connectivity index (χ4n) is 5.22. The molecule has 1 amide bonds. The second-order valence-electron chi connectivity index (χ2n) is 9.80. The first kappa shape index (κ1) is 27.8. The summed E-state index contributed by atoms with van der Waals surface area (Å²) in [5, 5.41) is 4.87. The maximum atomic E-state index is 13.9. The molecule has 1 aliphatic rings. The number of carbonyl (C=O) groups is 1. The molecular formula is C31H40N4O3. The van der Waals surface area contributed by atoms with E-state index in [4.69, 9.17) is 14.6 Å². The summed E-state index contributed by atoms with van der Waals surface area (Å²) >= 11 is 0. The summed E-state index contributed by atoms with van der Waals surface area (Å²) in [6.45, 7) is 10.4. The van der Waals surface area contributed by atoms with Crippen molar-refractivity contribution in [3.05, 3.63) is 82.2 Å². The fraction of sp³-hybridized carbons (Fsp3) is 0.419. The Morgan fingerprint density at radius 1 is 1.03 bits per heavy atom. The monoisotopic (exact) mass is 516 g/mol. The first-order chi connectivity index (χ1) is 18.5. The quantitative estimate of drug-likeness (QED) is 0.328. The molecule has 3 aromatic rings. The predicted molar refractivity (Wildman–Crippen MR) is 152 cm³/mol. The summed E-state index contributed by atoms with van der Waals surface area (Å²) in [7, 11) is 3.28. The lowest BCUT2D eigenvalue weighted by Gasteiger charge is -2.26. The van der Waals surface area contributed by atoms with Crippen LogP contribution in [0.3, 0.4) is 0 Å². The second-order valence-corrected chi connectivity index (χ2v) is 9.80. The van der Waals surface area contributed by atoms with Crippen LogP contribution in [0.1, 0.15) is 58.7 Å². The minimum absolute atomic E-state index is 0.000396. The first-order valence-electron chi connectivity index (χ1n) is 13.5. The Hall–Kier alpha value is -3.26. The molecule has 1 unspecified atom stereocenters. The summed E-state index contributed by atoms with van der Waals surface area (Å²) in [6, 6.07) is 17.0. The zero-order valence-corrected chi connectivity index (χ0v) is 23.3. The van der Waals surface area contributed by atoms with E-state index in [1.807, 2.05) is 21.7 Å². The average molecular weight is 517 g/mol. The van der Waals surface area contributed by atoms with Crippen molar-refractivity contribution < 1.29 is 14.3 Å². The molecule has 38 heavy (non-hydrogen) atoms. The van der Waals surface area contributed by atoms with Gasteiger partial charge < -0.3 is 14.4 Å². The van der Waals surface area contributed by atoms with Crippen molar-refractivity contribution in [2.45, 2.75) is 46.4 Å². The number of nitrogens with zero attached hydrogens (tertiary/aromatic N) is 4. The third-order valence-corrected chi connectivity index (χ3v) is 7.27. The van der Waals surface area contributed by atoms with Crippen molar-refractivity contribution >= 4 is 18.1 Å². The lowest BCUT2D eigenvalue weighted by Crippen LogP contribution is -2.39. The maximum absolute atomic E-state index is 13.9. The summed E-state index contributed by atoms with van der Waals surface area (Å²) < 4.78 is 12.9. The van der Waals surface area contributed by atoms with E-state index in [0.717, 1.165) is 55.1 Å². The third-order valence-electron chi connectivity index (χ3n) is 7.27. The standard InChI is InChI=1S/C31H40N4O3/c1-6-33(7-2)27-17-18-34(20-27)31(36)30-28(21-37-4)32-35(29(30)22-38-5)26-10-8-9-25(19-26)16-15-24-13-11-23(3)12-14-24/h8-16,19,27H,6-7,17-18,20-22H2,1-5H3/b16-15+. The number of benzene rings is 2. The van der Waals surface area contributed by atoms with Crippen molar-refractivity contribution in [3.63, 3.8) is 0 Å². The molecule has 4 rings (SSSR count).